The highest BCUT2D eigenvalue weighted by atomic mass is 16.5. The van der Waals surface area contributed by atoms with Crippen molar-refractivity contribution in [3.63, 3.8) is 0 Å². The molecule has 2 aliphatic heterocycles. The highest BCUT2D eigenvalue weighted by Gasteiger charge is 2.38. The van der Waals surface area contributed by atoms with E-state index in [1.54, 1.807) is 0 Å². The third-order valence-corrected chi connectivity index (χ3v) is 3.73. The summed E-state index contributed by atoms with van der Waals surface area (Å²) in [4.78, 5) is 0. The Hall–Kier alpha value is -0.0800. The van der Waals surface area contributed by atoms with Crippen LogP contribution < -0.4 is 5.32 Å². The van der Waals surface area contributed by atoms with Crippen LogP contribution in [0.1, 0.15) is 39.5 Å². The summed E-state index contributed by atoms with van der Waals surface area (Å²) in [6, 6.07) is 0. The minimum Gasteiger partial charge on any atom is -0.375 e. The van der Waals surface area contributed by atoms with Gasteiger partial charge in [-0.3, -0.25) is 0 Å². The van der Waals surface area contributed by atoms with E-state index in [9.17, 15) is 0 Å². The van der Waals surface area contributed by atoms with Crippen molar-refractivity contribution in [3.05, 3.63) is 0 Å². The molecule has 0 aromatic carbocycles. The lowest BCUT2D eigenvalue weighted by Crippen LogP contribution is -2.54. The highest BCUT2D eigenvalue weighted by molar-refractivity contribution is 4.94. The summed E-state index contributed by atoms with van der Waals surface area (Å²) < 4.78 is 5.87. The molecule has 13 heavy (non-hydrogen) atoms. The first-order valence-corrected chi connectivity index (χ1v) is 5.60. The fraction of sp³-hybridized carbons (Fsp3) is 1.00. The lowest BCUT2D eigenvalue weighted by molar-refractivity contribution is 0.00414. The second-order valence-electron chi connectivity index (χ2n) is 4.81. The molecule has 2 nitrogen and oxygen atoms in total. The van der Waals surface area contributed by atoms with Crippen LogP contribution in [-0.2, 0) is 4.74 Å². The zero-order valence-corrected chi connectivity index (χ0v) is 8.81. The monoisotopic (exact) mass is 183 g/mol. The smallest absolute Gasteiger partial charge is 0.0586 e. The van der Waals surface area contributed by atoms with Crippen molar-refractivity contribution in [2.45, 2.75) is 51.7 Å². The van der Waals surface area contributed by atoms with Crippen molar-refractivity contribution in [2.75, 3.05) is 13.1 Å². The summed E-state index contributed by atoms with van der Waals surface area (Å²) in [5, 5.41) is 3.38. The lowest BCUT2D eigenvalue weighted by atomic mass is 9.74. The Morgan fingerprint density at radius 2 is 2.15 bits per heavy atom. The van der Waals surface area contributed by atoms with Gasteiger partial charge in [0.15, 0.2) is 0 Å². The summed E-state index contributed by atoms with van der Waals surface area (Å²) in [5.41, 5.74) is 0.578. The molecule has 2 unspecified atom stereocenters. The van der Waals surface area contributed by atoms with Gasteiger partial charge in [-0.05, 0) is 38.0 Å². The van der Waals surface area contributed by atoms with Gasteiger partial charge in [0.25, 0.3) is 0 Å². The summed E-state index contributed by atoms with van der Waals surface area (Å²) in [6.07, 6.45) is 6.18. The van der Waals surface area contributed by atoms with Gasteiger partial charge in [-0.1, -0.05) is 6.92 Å². The van der Waals surface area contributed by atoms with Crippen molar-refractivity contribution in [1.29, 1.82) is 0 Å². The molecular formula is C11H21NO. The molecule has 0 aromatic rings. The maximum atomic E-state index is 5.87. The van der Waals surface area contributed by atoms with Gasteiger partial charge in [0.05, 0.1) is 12.2 Å². The van der Waals surface area contributed by atoms with Crippen LogP contribution in [0.3, 0.4) is 0 Å². The normalized spacial score (nSPS) is 37.4. The van der Waals surface area contributed by atoms with Crippen LogP contribution in [0.25, 0.3) is 0 Å². The van der Waals surface area contributed by atoms with E-state index >= 15 is 0 Å². The van der Waals surface area contributed by atoms with Crippen molar-refractivity contribution < 1.29 is 4.74 Å². The first-order valence-electron chi connectivity index (χ1n) is 5.60. The predicted octanol–water partition coefficient (Wildman–Crippen LogP) is 1.94. The van der Waals surface area contributed by atoms with E-state index in [0.717, 1.165) is 0 Å². The van der Waals surface area contributed by atoms with Crippen molar-refractivity contribution >= 4 is 0 Å². The Morgan fingerprint density at radius 1 is 1.38 bits per heavy atom. The molecule has 2 atom stereocenters. The zero-order chi connectivity index (χ0) is 9.31. The molecule has 0 aromatic heterocycles. The van der Waals surface area contributed by atoms with E-state index in [-0.39, 0.29) is 0 Å². The van der Waals surface area contributed by atoms with Gasteiger partial charge in [-0.25, -0.2) is 0 Å². The summed E-state index contributed by atoms with van der Waals surface area (Å²) in [5.74, 6) is 0. The first-order chi connectivity index (χ1) is 6.24. The Balaban J connectivity index is 1.83. The Bertz CT molecular complexity index is 171. The van der Waals surface area contributed by atoms with E-state index in [2.05, 4.69) is 19.2 Å². The van der Waals surface area contributed by atoms with E-state index in [1.807, 2.05) is 0 Å². The summed E-state index contributed by atoms with van der Waals surface area (Å²) in [7, 11) is 0. The molecule has 2 rings (SSSR count). The molecule has 2 aliphatic rings. The average molecular weight is 183 g/mol. The molecule has 0 spiro atoms. The first kappa shape index (κ1) is 9.47. The minimum absolute atomic E-state index is 0.506. The third kappa shape index (κ3) is 1.89. The standard InChI is InChI=1S/C11H21NO/c1-3-11(7-12-8-11)6-10-5-4-9(2)13-10/h9-10,12H,3-8H2,1-2H3. The SMILES string of the molecule is CCC1(CC2CCC(C)O2)CNC1. The van der Waals surface area contributed by atoms with Gasteiger partial charge in [0.1, 0.15) is 0 Å². The number of nitrogens with one attached hydrogen (secondary N) is 1. The Kier molecular flexibility index (Phi) is 2.61. The molecule has 2 fully saturated rings. The second kappa shape index (κ2) is 3.58. The van der Waals surface area contributed by atoms with Crippen molar-refractivity contribution in [2.24, 2.45) is 5.41 Å². The average Bonchev–Trinajstić information content (AvgIpc) is 2.44. The predicted molar refractivity (Wildman–Crippen MR) is 53.8 cm³/mol. The Labute approximate surface area is 81.0 Å². The second-order valence-corrected chi connectivity index (χ2v) is 4.81. The van der Waals surface area contributed by atoms with Crippen LogP contribution in [0.2, 0.25) is 0 Å². The lowest BCUT2D eigenvalue weighted by Gasteiger charge is -2.43. The van der Waals surface area contributed by atoms with Crippen LogP contribution in [0, 0.1) is 5.41 Å². The number of ether oxygens (including phenoxy) is 1. The van der Waals surface area contributed by atoms with Gasteiger partial charge in [-0.2, -0.15) is 0 Å². The number of hydrogen-bond acceptors (Lipinski definition) is 2. The summed E-state index contributed by atoms with van der Waals surface area (Å²) in [6.45, 7) is 6.91. The molecule has 0 bridgehead atoms. The van der Waals surface area contributed by atoms with Gasteiger partial charge < -0.3 is 10.1 Å². The fourth-order valence-corrected chi connectivity index (χ4v) is 2.54. The maximum Gasteiger partial charge on any atom is 0.0586 e. The molecule has 1 N–H and O–H groups in total. The minimum atomic E-state index is 0.506. The molecular weight excluding hydrogens is 162 g/mol. The molecule has 0 radical (unpaired) electrons. The van der Waals surface area contributed by atoms with Gasteiger partial charge >= 0.3 is 0 Å². The van der Waals surface area contributed by atoms with E-state index in [1.165, 1.54) is 38.8 Å². The molecule has 2 heteroatoms. The molecule has 76 valence electrons. The summed E-state index contributed by atoms with van der Waals surface area (Å²) >= 11 is 0. The van der Waals surface area contributed by atoms with Crippen LogP contribution in [0.15, 0.2) is 0 Å². The quantitative estimate of drug-likeness (QED) is 0.722. The van der Waals surface area contributed by atoms with E-state index < -0.39 is 0 Å². The molecule has 2 heterocycles. The van der Waals surface area contributed by atoms with E-state index in [4.69, 9.17) is 4.74 Å². The Morgan fingerprint density at radius 3 is 2.54 bits per heavy atom. The van der Waals surface area contributed by atoms with Gasteiger partial charge in [0.2, 0.25) is 0 Å². The highest BCUT2D eigenvalue weighted by Crippen LogP contribution is 2.36. The largest absolute Gasteiger partial charge is 0.375 e. The van der Waals surface area contributed by atoms with Crippen LogP contribution in [-0.4, -0.2) is 25.3 Å². The fourth-order valence-electron chi connectivity index (χ4n) is 2.54. The van der Waals surface area contributed by atoms with Crippen LogP contribution >= 0.6 is 0 Å². The van der Waals surface area contributed by atoms with Crippen molar-refractivity contribution in [3.8, 4) is 0 Å². The topological polar surface area (TPSA) is 21.3 Å². The number of hydrogen-bond donors (Lipinski definition) is 1. The van der Waals surface area contributed by atoms with Crippen molar-refractivity contribution in [1.82, 2.24) is 5.32 Å². The maximum absolute atomic E-state index is 5.87. The van der Waals surface area contributed by atoms with Gasteiger partial charge in [0, 0.05) is 13.1 Å². The zero-order valence-electron chi connectivity index (χ0n) is 8.81. The molecule has 0 aliphatic carbocycles. The molecule has 0 saturated carbocycles. The van der Waals surface area contributed by atoms with E-state index in [0.29, 0.717) is 17.6 Å². The van der Waals surface area contributed by atoms with Crippen LogP contribution in [0.4, 0.5) is 0 Å². The number of rotatable bonds is 3. The third-order valence-electron chi connectivity index (χ3n) is 3.73. The molecule has 0 amide bonds. The molecule has 2 saturated heterocycles. The van der Waals surface area contributed by atoms with Crippen LogP contribution in [0.5, 0.6) is 0 Å². The van der Waals surface area contributed by atoms with Gasteiger partial charge in [-0.15, -0.1) is 0 Å².